The van der Waals surface area contributed by atoms with E-state index in [0.29, 0.717) is 0 Å². The van der Waals surface area contributed by atoms with Crippen LogP contribution in [-0.4, -0.2) is 5.78 Å². The van der Waals surface area contributed by atoms with E-state index < -0.39 is 54.8 Å². The average molecular weight is 144 g/mol. The third-order valence-electron chi connectivity index (χ3n) is 0.852. The van der Waals surface area contributed by atoms with Crippen LogP contribution >= 0.6 is 0 Å². The van der Waals surface area contributed by atoms with Crippen molar-refractivity contribution in [1.82, 2.24) is 0 Å². The van der Waals surface area contributed by atoms with Gasteiger partial charge in [0.1, 0.15) is 0 Å². The van der Waals surface area contributed by atoms with Crippen LogP contribution in [0.4, 0.5) is 0 Å². The number of ketones is 1. The first-order chi connectivity index (χ1) is 8.80. The third-order valence-corrected chi connectivity index (χ3v) is 0.852. The summed E-state index contributed by atoms with van der Waals surface area (Å²) in [5.41, 5.74) is -1.76. The smallest absolute Gasteiger partial charge is 0.159 e. The summed E-state index contributed by atoms with van der Waals surface area (Å²) in [4.78, 5) is 11.7. The number of hydrogen-bond acceptors (Lipinski definition) is 1. The van der Waals surface area contributed by atoms with Gasteiger partial charge in [0, 0.05) is 13.8 Å². The van der Waals surface area contributed by atoms with Crippen LogP contribution < -0.4 is 0 Å². The molecule has 0 bridgehead atoms. The largest absolute Gasteiger partial charge is 0.295 e. The number of benzene rings is 1. The molecule has 0 aliphatic heterocycles. The van der Waals surface area contributed by atoms with Crippen LogP contribution in [0.2, 0.25) is 0 Å². The normalized spacial score (nSPS) is 26.4. The molecule has 1 heteroatoms. The van der Waals surface area contributed by atoms with Gasteiger partial charge in [-0.05, 0) is 13.7 Å². The van der Waals surface area contributed by atoms with Gasteiger partial charge in [-0.3, -0.25) is 4.79 Å². The molecule has 52 valence electrons. The molecular formula is C9H10O. The van der Waals surface area contributed by atoms with Gasteiger partial charge in [0.2, 0.25) is 0 Å². The summed E-state index contributed by atoms with van der Waals surface area (Å²) in [6.45, 7) is -6.03. The number of rotatable bonds is 1. The fraction of sp³-hybridized carbons (Fsp3) is 0.222. The van der Waals surface area contributed by atoms with E-state index in [4.69, 9.17) is 13.7 Å². The summed E-state index contributed by atoms with van der Waals surface area (Å²) < 4.78 is 72.6. The van der Waals surface area contributed by atoms with Crippen molar-refractivity contribution in [3.63, 3.8) is 0 Å². The van der Waals surface area contributed by atoms with E-state index >= 15 is 0 Å². The van der Waals surface area contributed by atoms with Crippen LogP contribution in [0.15, 0.2) is 24.2 Å². The molecule has 0 aliphatic rings. The molecule has 0 aromatic heterocycles. The standard InChI is InChI=1S/C9H10O/c1-7-3-5-9(6-4-7)8(2)10/h3-6H,1-2H3/i1D3,2D3,3D,4D,5D,6D. The van der Waals surface area contributed by atoms with Crippen LogP contribution in [0.1, 0.15) is 36.5 Å². The van der Waals surface area contributed by atoms with Crippen LogP contribution in [0, 0.1) is 6.85 Å². The fourth-order valence-corrected chi connectivity index (χ4v) is 0.426. The quantitative estimate of drug-likeness (QED) is 0.552. The van der Waals surface area contributed by atoms with Crippen molar-refractivity contribution in [3.8, 4) is 0 Å². The van der Waals surface area contributed by atoms with Crippen molar-refractivity contribution in [2.75, 3.05) is 0 Å². The van der Waals surface area contributed by atoms with Crippen molar-refractivity contribution in [3.05, 3.63) is 35.3 Å². The number of carbonyl (C=O) groups excluding carboxylic acids is 1. The van der Waals surface area contributed by atoms with Crippen molar-refractivity contribution in [1.29, 1.82) is 0 Å². The SMILES string of the molecule is [2H]c1c([2H])c(C([2H])([2H])[2H])c([2H])c([2H])c1C(=O)C([2H])([2H])[2H]. The van der Waals surface area contributed by atoms with Gasteiger partial charge in [0.05, 0.1) is 5.48 Å². The summed E-state index contributed by atoms with van der Waals surface area (Å²) in [5, 5.41) is 0. The van der Waals surface area contributed by atoms with E-state index in [1.165, 1.54) is 0 Å². The van der Waals surface area contributed by atoms with E-state index in [2.05, 4.69) is 0 Å². The monoisotopic (exact) mass is 144 g/mol. The Balaban J connectivity index is 3.75. The highest BCUT2D eigenvalue weighted by molar-refractivity contribution is 5.93. The summed E-state index contributed by atoms with van der Waals surface area (Å²) in [6.07, 6.45) is 0. The van der Waals surface area contributed by atoms with Gasteiger partial charge in [0.15, 0.2) is 5.78 Å². The van der Waals surface area contributed by atoms with Gasteiger partial charge in [0.25, 0.3) is 0 Å². The Kier molecular flexibility index (Phi) is 0.411. The molecule has 0 saturated carbocycles. The fourth-order valence-electron chi connectivity index (χ4n) is 0.426. The van der Waals surface area contributed by atoms with Gasteiger partial charge in [-0.1, -0.05) is 29.7 Å². The first-order valence-corrected chi connectivity index (χ1v) is 2.45. The van der Waals surface area contributed by atoms with Crippen molar-refractivity contribution in [2.24, 2.45) is 0 Å². The van der Waals surface area contributed by atoms with Gasteiger partial charge >= 0.3 is 0 Å². The molecule has 0 atom stereocenters. The molecule has 1 aromatic carbocycles. The Labute approximate surface area is 74.7 Å². The maximum atomic E-state index is 11.7. The maximum Gasteiger partial charge on any atom is 0.159 e. The zero-order valence-corrected chi connectivity index (χ0v) is 4.91. The minimum absolute atomic E-state index is 0.838. The van der Waals surface area contributed by atoms with E-state index in [1.54, 1.807) is 0 Å². The van der Waals surface area contributed by atoms with Crippen LogP contribution in [-0.2, 0) is 0 Å². The minimum atomic E-state index is -3.13. The minimum Gasteiger partial charge on any atom is -0.295 e. The Morgan fingerprint density at radius 1 is 1.50 bits per heavy atom. The lowest BCUT2D eigenvalue weighted by molar-refractivity contribution is 0.101. The van der Waals surface area contributed by atoms with Crippen molar-refractivity contribution < 1.29 is 18.5 Å². The number of hydrogen-bond donors (Lipinski definition) is 0. The molecule has 0 radical (unpaired) electrons. The second kappa shape index (κ2) is 2.65. The topological polar surface area (TPSA) is 17.1 Å². The summed E-state index contributed by atoms with van der Waals surface area (Å²) in [7, 11) is 0. The molecule has 0 fully saturated rings. The first-order valence-electron chi connectivity index (χ1n) is 7.45. The molecule has 0 spiro atoms. The van der Waals surface area contributed by atoms with E-state index in [0.717, 1.165) is 0 Å². The number of carbonyl (C=O) groups is 1. The molecule has 0 saturated heterocycles. The average Bonchev–Trinajstić information content (AvgIpc) is 2.23. The van der Waals surface area contributed by atoms with Crippen LogP contribution in [0.25, 0.3) is 0 Å². The highest BCUT2D eigenvalue weighted by Crippen LogP contribution is 2.02. The Morgan fingerprint density at radius 3 is 2.70 bits per heavy atom. The van der Waals surface area contributed by atoms with Crippen molar-refractivity contribution in [2.45, 2.75) is 13.7 Å². The molecule has 0 heterocycles. The molecule has 0 amide bonds. The predicted octanol–water partition coefficient (Wildman–Crippen LogP) is 2.20. The molecule has 1 nitrogen and oxygen atoms in total. The lowest BCUT2D eigenvalue weighted by Gasteiger charge is -1.93. The lowest BCUT2D eigenvalue weighted by atomic mass is 10.1. The van der Waals surface area contributed by atoms with E-state index in [-0.39, 0.29) is 0 Å². The zero-order valence-electron chi connectivity index (χ0n) is 14.9. The second-order valence-electron chi connectivity index (χ2n) is 1.58. The van der Waals surface area contributed by atoms with Gasteiger partial charge in [-0.25, -0.2) is 0 Å². The van der Waals surface area contributed by atoms with Gasteiger partial charge in [-0.15, -0.1) is 0 Å². The van der Waals surface area contributed by atoms with Crippen LogP contribution in [0.5, 0.6) is 0 Å². The van der Waals surface area contributed by atoms with E-state index in [9.17, 15) is 4.79 Å². The lowest BCUT2D eigenvalue weighted by Crippen LogP contribution is -1.90. The van der Waals surface area contributed by atoms with Gasteiger partial charge < -0.3 is 0 Å². The van der Waals surface area contributed by atoms with E-state index in [1.807, 2.05) is 0 Å². The maximum absolute atomic E-state index is 11.7. The molecule has 1 aromatic rings. The Bertz CT molecular complexity index is 539. The molecular weight excluding hydrogens is 124 g/mol. The third kappa shape index (κ3) is 1.44. The first kappa shape index (κ1) is 1.55. The van der Waals surface area contributed by atoms with Crippen molar-refractivity contribution >= 4 is 5.78 Å². The Morgan fingerprint density at radius 2 is 2.20 bits per heavy atom. The zero-order chi connectivity index (χ0) is 16.0. The molecule has 0 aliphatic carbocycles. The molecule has 10 heavy (non-hydrogen) atoms. The highest BCUT2D eigenvalue weighted by Gasteiger charge is 1.95. The molecule has 0 N–H and O–H groups in total. The Hall–Kier alpha value is -1.11. The highest BCUT2D eigenvalue weighted by atomic mass is 16.1. The number of Topliss-reactive ketones (excluding diaryl/α,β-unsaturated/α-hetero) is 1. The second-order valence-corrected chi connectivity index (χ2v) is 1.58. The van der Waals surface area contributed by atoms with Crippen LogP contribution in [0.3, 0.4) is 0 Å². The summed E-state index contributed by atoms with van der Waals surface area (Å²) >= 11 is 0. The predicted molar refractivity (Wildman–Crippen MR) is 41.2 cm³/mol. The molecule has 1 rings (SSSR count). The summed E-state index contributed by atoms with van der Waals surface area (Å²) in [5.74, 6) is -1.55. The van der Waals surface area contributed by atoms with Gasteiger partial charge in [-0.2, -0.15) is 0 Å². The molecule has 0 unspecified atom stereocenters. The summed E-state index contributed by atoms with van der Waals surface area (Å²) in [6, 6.07) is -3.78.